The lowest BCUT2D eigenvalue weighted by Crippen LogP contribution is -2.34. The lowest BCUT2D eigenvalue weighted by atomic mass is 9.88. The molecule has 1 N–H and O–H groups in total. The molecule has 3 rings (SSSR count). The SMILES string of the molecule is Cc1ccc(CNC(=O)[C@@H]2CN(C)C[C@@H]2c2ccccc2)cc1. The van der Waals surface area contributed by atoms with Crippen molar-refractivity contribution < 1.29 is 4.79 Å². The van der Waals surface area contributed by atoms with Crippen molar-refractivity contribution in [3.8, 4) is 0 Å². The van der Waals surface area contributed by atoms with Crippen molar-refractivity contribution in [2.24, 2.45) is 5.92 Å². The van der Waals surface area contributed by atoms with E-state index >= 15 is 0 Å². The Morgan fingerprint density at radius 3 is 2.48 bits per heavy atom. The van der Waals surface area contributed by atoms with E-state index in [4.69, 9.17) is 0 Å². The van der Waals surface area contributed by atoms with Crippen LogP contribution in [0.5, 0.6) is 0 Å². The highest BCUT2D eigenvalue weighted by molar-refractivity contribution is 5.80. The van der Waals surface area contributed by atoms with E-state index in [1.165, 1.54) is 11.1 Å². The van der Waals surface area contributed by atoms with E-state index < -0.39 is 0 Å². The summed E-state index contributed by atoms with van der Waals surface area (Å²) < 4.78 is 0. The molecule has 1 saturated heterocycles. The van der Waals surface area contributed by atoms with E-state index in [0.29, 0.717) is 6.54 Å². The van der Waals surface area contributed by atoms with Crippen LogP contribution >= 0.6 is 0 Å². The Kier molecular flexibility index (Phi) is 4.77. The van der Waals surface area contributed by atoms with Gasteiger partial charge in [-0.05, 0) is 25.1 Å². The summed E-state index contributed by atoms with van der Waals surface area (Å²) in [5.74, 6) is 0.454. The molecular weight excluding hydrogens is 284 g/mol. The van der Waals surface area contributed by atoms with Crippen LogP contribution in [0.2, 0.25) is 0 Å². The summed E-state index contributed by atoms with van der Waals surface area (Å²) >= 11 is 0. The van der Waals surface area contributed by atoms with Gasteiger partial charge in [0.05, 0.1) is 5.92 Å². The number of rotatable bonds is 4. The van der Waals surface area contributed by atoms with Crippen molar-refractivity contribution in [1.82, 2.24) is 10.2 Å². The second kappa shape index (κ2) is 6.97. The van der Waals surface area contributed by atoms with Gasteiger partial charge in [-0.15, -0.1) is 0 Å². The van der Waals surface area contributed by atoms with Crippen LogP contribution in [0.15, 0.2) is 54.6 Å². The Labute approximate surface area is 138 Å². The Bertz CT molecular complexity index is 651. The smallest absolute Gasteiger partial charge is 0.225 e. The molecule has 1 heterocycles. The largest absolute Gasteiger partial charge is 0.352 e. The predicted molar refractivity (Wildman–Crippen MR) is 93.2 cm³/mol. The van der Waals surface area contributed by atoms with Gasteiger partial charge in [-0.3, -0.25) is 4.79 Å². The first-order valence-corrected chi connectivity index (χ1v) is 8.20. The van der Waals surface area contributed by atoms with Crippen LogP contribution in [0.25, 0.3) is 0 Å². The number of hydrogen-bond donors (Lipinski definition) is 1. The van der Waals surface area contributed by atoms with Gasteiger partial charge in [0.2, 0.25) is 5.91 Å². The zero-order valence-corrected chi connectivity index (χ0v) is 13.8. The number of amides is 1. The highest BCUT2D eigenvalue weighted by atomic mass is 16.1. The summed E-state index contributed by atoms with van der Waals surface area (Å²) in [5.41, 5.74) is 3.64. The fourth-order valence-corrected chi connectivity index (χ4v) is 3.33. The van der Waals surface area contributed by atoms with Crippen molar-refractivity contribution in [2.75, 3.05) is 20.1 Å². The number of likely N-dealkylation sites (N-methyl/N-ethyl adjacent to an activating group) is 1. The van der Waals surface area contributed by atoms with Crippen molar-refractivity contribution >= 4 is 5.91 Å². The minimum Gasteiger partial charge on any atom is -0.352 e. The first-order valence-electron chi connectivity index (χ1n) is 8.20. The molecular formula is C20H24N2O. The minimum atomic E-state index is 0.0212. The van der Waals surface area contributed by atoms with Gasteiger partial charge in [0.15, 0.2) is 0 Å². The topological polar surface area (TPSA) is 32.3 Å². The van der Waals surface area contributed by atoms with Crippen molar-refractivity contribution in [2.45, 2.75) is 19.4 Å². The lowest BCUT2D eigenvalue weighted by molar-refractivity contribution is -0.125. The number of carbonyl (C=O) groups is 1. The standard InChI is InChI=1S/C20H24N2O/c1-15-8-10-16(11-9-15)12-21-20(23)19-14-22(2)13-18(19)17-6-4-3-5-7-17/h3-11,18-19H,12-14H2,1-2H3,(H,21,23)/t18-,19-/m1/s1. The molecule has 2 atom stereocenters. The van der Waals surface area contributed by atoms with E-state index in [1.807, 2.05) is 6.07 Å². The zero-order chi connectivity index (χ0) is 16.2. The number of nitrogens with one attached hydrogen (secondary N) is 1. The Morgan fingerprint density at radius 1 is 1.09 bits per heavy atom. The van der Waals surface area contributed by atoms with Gasteiger partial charge in [0.25, 0.3) is 0 Å². The number of nitrogens with zero attached hydrogens (tertiary/aromatic N) is 1. The van der Waals surface area contributed by atoms with Gasteiger partial charge in [-0.1, -0.05) is 60.2 Å². The van der Waals surface area contributed by atoms with E-state index in [1.54, 1.807) is 0 Å². The monoisotopic (exact) mass is 308 g/mol. The summed E-state index contributed by atoms with van der Waals surface area (Å²) in [6.07, 6.45) is 0. The third-order valence-electron chi connectivity index (χ3n) is 4.65. The molecule has 3 nitrogen and oxygen atoms in total. The maximum absolute atomic E-state index is 12.7. The first-order chi connectivity index (χ1) is 11.1. The van der Waals surface area contributed by atoms with Crippen molar-refractivity contribution in [1.29, 1.82) is 0 Å². The van der Waals surface area contributed by atoms with Gasteiger partial charge in [0.1, 0.15) is 0 Å². The number of hydrogen-bond acceptors (Lipinski definition) is 2. The molecule has 1 fully saturated rings. The van der Waals surface area contributed by atoms with Crippen LogP contribution in [0, 0.1) is 12.8 Å². The molecule has 1 amide bonds. The summed E-state index contributed by atoms with van der Waals surface area (Å²) in [5, 5.41) is 3.12. The molecule has 0 aliphatic carbocycles. The van der Waals surface area contributed by atoms with Crippen LogP contribution in [-0.2, 0) is 11.3 Å². The maximum atomic E-state index is 12.7. The highest BCUT2D eigenvalue weighted by Crippen LogP contribution is 2.32. The molecule has 1 aliphatic heterocycles. The lowest BCUT2D eigenvalue weighted by Gasteiger charge is -2.18. The van der Waals surface area contributed by atoms with Gasteiger partial charge in [0, 0.05) is 25.6 Å². The Morgan fingerprint density at radius 2 is 1.78 bits per heavy atom. The molecule has 0 saturated carbocycles. The van der Waals surface area contributed by atoms with Crippen molar-refractivity contribution in [3.05, 3.63) is 71.3 Å². The Balaban J connectivity index is 1.66. The molecule has 0 bridgehead atoms. The predicted octanol–water partition coefficient (Wildman–Crippen LogP) is 2.96. The summed E-state index contributed by atoms with van der Waals surface area (Å²) in [6.45, 7) is 4.42. The molecule has 0 unspecified atom stereocenters. The quantitative estimate of drug-likeness (QED) is 0.942. The van der Waals surface area contributed by atoms with Crippen LogP contribution < -0.4 is 5.32 Å². The third kappa shape index (κ3) is 3.80. The third-order valence-corrected chi connectivity index (χ3v) is 4.65. The molecule has 0 radical (unpaired) electrons. The van der Waals surface area contributed by atoms with Gasteiger partial charge in [-0.2, -0.15) is 0 Å². The molecule has 0 aromatic heterocycles. The summed E-state index contributed by atoms with van der Waals surface area (Å²) in [6, 6.07) is 18.7. The van der Waals surface area contributed by atoms with E-state index in [-0.39, 0.29) is 17.7 Å². The minimum absolute atomic E-state index is 0.0212. The summed E-state index contributed by atoms with van der Waals surface area (Å²) in [4.78, 5) is 14.9. The first kappa shape index (κ1) is 15.8. The molecule has 2 aromatic carbocycles. The number of carbonyl (C=O) groups excluding carboxylic acids is 1. The second-order valence-corrected chi connectivity index (χ2v) is 6.55. The number of likely N-dealkylation sites (tertiary alicyclic amines) is 1. The van der Waals surface area contributed by atoms with Crippen LogP contribution in [0.3, 0.4) is 0 Å². The average Bonchev–Trinajstić information content (AvgIpc) is 2.97. The molecule has 1 aliphatic rings. The van der Waals surface area contributed by atoms with Crippen LogP contribution in [0.4, 0.5) is 0 Å². The van der Waals surface area contributed by atoms with Crippen molar-refractivity contribution in [3.63, 3.8) is 0 Å². The van der Waals surface area contributed by atoms with Gasteiger partial charge in [-0.25, -0.2) is 0 Å². The highest BCUT2D eigenvalue weighted by Gasteiger charge is 2.36. The molecule has 23 heavy (non-hydrogen) atoms. The fourth-order valence-electron chi connectivity index (χ4n) is 3.33. The second-order valence-electron chi connectivity index (χ2n) is 6.55. The van der Waals surface area contributed by atoms with Crippen LogP contribution in [0.1, 0.15) is 22.6 Å². The normalized spacial score (nSPS) is 21.3. The summed E-state index contributed by atoms with van der Waals surface area (Å²) in [7, 11) is 2.09. The molecule has 120 valence electrons. The average molecular weight is 308 g/mol. The fraction of sp³-hybridized carbons (Fsp3) is 0.350. The maximum Gasteiger partial charge on any atom is 0.225 e. The van der Waals surface area contributed by atoms with E-state index in [9.17, 15) is 4.79 Å². The zero-order valence-electron chi connectivity index (χ0n) is 13.8. The molecule has 2 aromatic rings. The van der Waals surface area contributed by atoms with Gasteiger partial charge >= 0.3 is 0 Å². The van der Waals surface area contributed by atoms with Gasteiger partial charge < -0.3 is 10.2 Å². The molecule has 3 heteroatoms. The van der Waals surface area contributed by atoms with Crippen LogP contribution in [-0.4, -0.2) is 30.9 Å². The van der Waals surface area contributed by atoms with E-state index in [2.05, 4.69) is 72.7 Å². The number of benzene rings is 2. The molecule has 0 spiro atoms. The number of aryl methyl sites for hydroxylation is 1. The Hall–Kier alpha value is -2.13. The van der Waals surface area contributed by atoms with E-state index in [0.717, 1.165) is 18.7 Å².